The van der Waals surface area contributed by atoms with Crippen molar-refractivity contribution in [1.29, 1.82) is 0 Å². The number of nitrogens with zero attached hydrogens (tertiary/aromatic N) is 1. The van der Waals surface area contributed by atoms with E-state index in [4.69, 9.17) is 0 Å². The number of methoxy groups -OCH3 is 1. The number of para-hydroxylation sites is 1. The van der Waals surface area contributed by atoms with Gasteiger partial charge >= 0.3 is 5.97 Å². The Balaban J connectivity index is 2.19. The lowest BCUT2D eigenvalue weighted by Gasteiger charge is -2.24. The molecule has 2 aromatic carbocycles. The van der Waals surface area contributed by atoms with Crippen molar-refractivity contribution in [3.05, 3.63) is 65.5 Å². The van der Waals surface area contributed by atoms with Gasteiger partial charge in [-0.3, -0.25) is 9.10 Å². The van der Waals surface area contributed by atoms with E-state index >= 15 is 0 Å². The first kappa shape index (κ1) is 20.4. The average Bonchev–Trinajstić information content (AvgIpc) is 2.64. The van der Waals surface area contributed by atoms with E-state index in [1.165, 1.54) is 37.4 Å². The second-order valence-corrected chi connectivity index (χ2v) is 7.49. The summed E-state index contributed by atoms with van der Waals surface area (Å²) in [6.45, 7) is -0.233. The van der Waals surface area contributed by atoms with Crippen LogP contribution in [0.5, 0.6) is 0 Å². The van der Waals surface area contributed by atoms with E-state index in [9.17, 15) is 22.4 Å². The van der Waals surface area contributed by atoms with Crippen LogP contribution in [-0.4, -0.2) is 46.7 Å². The summed E-state index contributed by atoms with van der Waals surface area (Å²) in [5.74, 6) is -2.02. The molecule has 0 fully saturated rings. The monoisotopic (exact) mass is 394 g/mol. The van der Waals surface area contributed by atoms with Crippen molar-refractivity contribution in [3.63, 3.8) is 0 Å². The molecule has 1 N–H and O–H groups in total. The second-order valence-electron chi connectivity index (χ2n) is 5.58. The molecule has 0 aliphatic heterocycles. The maximum absolute atomic E-state index is 13.6. The fourth-order valence-corrected chi connectivity index (χ4v) is 3.39. The molecule has 27 heavy (non-hydrogen) atoms. The van der Waals surface area contributed by atoms with E-state index in [1.807, 2.05) is 0 Å². The van der Waals surface area contributed by atoms with Gasteiger partial charge in [-0.1, -0.05) is 24.3 Å². The van der Waals surface area contributed by atoms with Gasteiger partial charge in [-0.05, 0) is 24.3 Å². The molecule has 2 rings (SSSR count). The zero-order chi connectivity index (χ0) is 20.0. The standard InChI is InChI=1S/C18H19FN2O5S/c1-26-18(23)14-8-4-6-10-16(14)21(27(2,24)25)12-11-20-17(22)13-7-3-5-9-15(13)19/h3-10H,11-12H2,1-2H3,(H,20,22). The van der Waals surface area contributed by atoms with Crippen molar-refractivity contribution in [2.45, 2.75) is 0 Å². The van der Waals surface area contributed by atoms with Gasteiger partial charge < -0.3 is 10.1 Å². The molecule has 2 aromatic rings. The smallest absolute Gasteiger partial charge is 0.340 e. The predicted molar refractivity (Wildman–Crippen MR) is 98.7 cm³/mol. The Morgan fingerprint density at radius 2 is 1.67 bits per heavy atom. The molecular formula is C18H19FN2O5S. The fraction of sp³-hybridized carbons (Fsp3) is 0.222. The van der Waals surface area contributed by atoms with Gasteiger partial charge in [-0.15, -0.1) is 0 Å². The van der Waals surface area contributed by atoms with E-state index in [1.54, 1.807) is 12.1 Å². The highest BCUT2D eigenvalue weighted by Crippen LogP contribution is 2.23. The molecule has 0 unspecified atom stereocenters. The molecule has 0 aliphatic carbocycles. The molecule has 0 aromatic heterocycles. The first-order valence-electron chi connectivity index (χ1n) is 7.93. The summed E-state index contributed by atoms with van der Waals surface area (Å²) in [5, 5.41) is 2.47. The predicted octanol–water partition coefficient (Wildman–Crippen LogP) is 1.81. The zero-order valence-corrected chi connectivity index (χ0v) is 15.6. The van der Waals surface area contributed by atoms with Gasteiger partial charge in [0.15, 0.2) is 0 Å². The Morgan fingerprint density at radius 3 is 2.26 bits per heavy atom. The summed E-state index contributed by atoms with van der Waals surface area (Å²) in [6, 6.07) is 11.5. The minimum absolute atomic E-state index is 0.0749. The van der Waals surface area contributed by atoms with Crippen LogP contribution in [0.15, 0.2) is 48.5 Å². The number of anilines is 1. The molecule has 9 heteroatoms. The summed E-state index contributed by atoms with van der Waals surface area (Å²) in [4.78, 5) is 24.0. The number of ether oxygens (including phenoxy) is 1. The molecule has 0 aliphatic rings. The Morgan fingerprint density at radius 1 is 1.07 bits per heavy atom. The van der Waals surface area contributed by atoms with Gasteiger partial charge in [0.05, 0.1) is 36.7 Å². The SMILES string of the molecule is COC(=O)c1ccccc1N(CCNC(=O)c1ccccc1F)S(C)(=O)=O. The fourth-order valence-electron chi connectivity index (χ4n) is 2.45. The van der Waals surface area contributed by atoms with Crippen LogP contribution < -0.4 is 9.62 Å². The molecule has 0 saturated heterocycles. The highest BCUT2D eigenvalue weighted by molar-refractivity contribution is 7.92. The number of benzene rings is 2. The van der Waals surface area contributed by atoms with Crippen LogP contribution in [0.3, 0.4) is 0 Å². The van der Waals surface area contributed by atoms with Crippen molar-refractivity contribution >= 4 is 27.6 Å². The Bertz CT molecular complexity index is 946. The first-order valence-corrected chi connectivity index (χ1v) is 9.78. The lowest BCUT2D eigenvalue weighted by molar-refractivity contribution is 0.0601. The summed E-state index contributed by atoms with van der Waals surface area (Å²) >= 11 is 0. The number of nitrogens with one attached hydrogen (secondary N) is 1. The maximum Gasteiger partial charge on any atom is 0.340 e. The van der Waals surface area contributed by atoms with Gasteiger partial charge in [0.2, 0.25) is 10.0 Å². The molecule has 0 bridgehead atoms. The molecule has 0 spiro atoms. The average molecular weight is 394 g/mol. The van der Waals surface area contributed by atoms with Crippen LogP contribution in [0.2, 0.25) is 0 Å². The van der Waals surface area contributed by atoms with E-state index < -0.39 is 27.7 Å². The third kappa shape index (κ3) is 5.04. The minimum atomic E-state index is -3.75. The van der Waals surface area contributed by atoms with E-state index in [2.05, 4.69) is 10.1 Å². The maximum atomic E-state index is 13.6. The lowest BCUT2D eigenvalue weighted by Crippen LogP contribution is -2.39. The summed E-state index contributed by atoms with van der Waals surface area (Å²) in [6.07, 6.45) is 0.986. The molecule has 0 heterocycles. The van der Waals surface area contributed by atoms with Gasteiger partial charge in [0.25, 0.3) is 5.91 Å². The van der Waals surface area contributed by atoms with Crippen LogP contribution in [0, 0.1) is 5.82 Å². The number of halogens is 1. The number of amides is 1. The van der Waals surface area contributed by atoms with Gasteiger partial charge in [-0.25, -0.2) is 17.6 Å². The zero-order valence-electron chi connectivity index (χ0n) is 14.8. The number of esters is 1. The number of carbonyl (C=O) groups is 2. The Hall–Kier alpha value is -2.94. The number of carbonyl (C=O) groups excluding carboxylic acids is 2. The summed E-state index contributed by atoms with van der Waals surface area (Å²) in [5.41, 5.74) is 0.0659. The molecular weight excluding hydrogens is 375 g/mol. The van der Waals surface area contributed by atoms with E-state index in [0.717, 1.165) is 16.6 Å². The summed E-state index contributed by atoms with van der Waals surface area (Å²) < 4.78 is 43.7. The lowest BCUT2D eigenvalue weighted by atomic mass is 10.2. The number of rotatable bonds is 7. The van der Waals surface area contributed by atoms with Crippen molar-refractivity contribution < 1.29 is 27.1 Å². The topological polar surface area (TPSA) is 92.8 Å². The van der Waals surface area contributed by atoms with Gasteiger partial charge in [0.1, 0.15) is 5.82 Å². The molecule has 0 radical (unpaired) electrons. The normalized spacial score (nSPS) is 10.9. The second kappa shape index (κ2) is 8.63. The van der Waals surface area contributed by atoms with Gasteiger partial charge in [0, 0.05) is 6.54 Å². The van der Waals surface area contributed by atoms with Crippen LogP contribution in [0.1, 0.15) is 20.7 Å². The minimum Gasteiger partial charge on any atom is -0.465 e. The number of hydrogen-bond acceptors (Lipinski definition) is 5. The molecule has 0 atom stereocenters. The van der Waals surface area contributed by atoms with Gasteiger partial charge in [-0.2, -0.15) is 0 Å². The quantitative estimate of drug-likeness (QED) is 0.723. The highest BCUT2D eigenvalue weighted by atomic mass is 32.2. The van der Waals surface area contributed by atoms with Crippen molar-refractivity contribution in [2.75, 3.05) is 30.8 Å². The highest BCUT2D eigenvalue weighted by Gasteiger charge is 2.23. The molecule has 144 valence electrons. The Labute approximate surface area is 156 Å². The van der Waals surface area contributed by atoms with Crippen LogP contribution >= 0.6 is 0 Å². The van der Waals surface area contributed by atoms with E-state index in [0.29, 0.717) is 0 Å². The van der Waals surface area contributed by atoms with Crippen molar-refractivity contribution in [2.24, 2.45) is 0 Å². The number of sulfonamides is 1. The van der Waals surface area contributed by atoms with Crippen molar-refractivity contribution in [1.82, 2.24) is 5.32 Å². The van der Waals surface area contributed by atoms with Crippen LogP contribution in [0.25, 0.3) is 0 Å². The Kier molecular flexibility index (Phi) is 6.51. The number of hydrogen-bond donors (Lipinski definition) is 1. The summed E-state index contributed by atoms with van der Waals surface area (Å²) in [7, 11) is -2.56. The third-order valence-corrected chi connectivity index (χ3v) is 4.88. The van der Waals surface area contributed by atoms with Crippen LogP contribution in [-0.2, 0) is 14.8 Å². The van der Waals surface area contributed by atoms with E-state index in [-0.39, 0.29) is 29.9 Å². The largest absolute Gasteiger partial charge is 0.465 e. The molecule has 0 saturated carbocycles. The third-order valence-electron chi connectivity index (χ3n) is 3.70. The van der Waals surface area contributed by atoms with Crippen molar-refractivity contribution in [3.8, 4) is 0 Å². The van der Waals surface area contributed by atoms with Crippen LogP contribution in [0.4, 0.5) is 10.1 Å². The molecule has 1 amide bonds. The first-order chi connectivity index (χ1) is 12.8. The molecule has 7 nitrogen and oxygen atoms in total.